The van der Waals surface area contributed by atoms with Crippen LogP contribution in [0.3, 0.4) is 0 Å². The molecule has 0 aliphatic heterocycles. The van der Waals surface area contributed by atoms with E-state index in [-0.39, 0.29) is 11.4 Å². The molecule has 0 unspecified atom stereocenters. The summed E-state index contributed by atoms with van der Waals surface area (Å²) < 4.78 is 5.51. The summed E-state index contributed by atoms with van der Waals surface area (Å²) in [7, 11) is 0. The normalized spacial score (nSPS) is 10.2. The maximum atomic E-state index is 11.0. The van der Waals surface area contributed by atoms with Crippen LogP contribution in [0.2, 0.25) is 0 Å². The van der Waals surface area contributed by atoms with E-state index in [4.69, 9.17) is 4.74 Å². The topological polar surface area (TPSA) is 65.3 Å². The molecule has 98 valence electrons. The first-order chi connectivity index (χ1) is 9.10. The summed E-state index contributed by atoms with van der Waals surface area (Å²) in [6.45, 7) is 1.86. The number of nitrogens with zero attached hydrogens (tertiary/aromatic N) is 2. The van der Waals surface area contributed by atoms with E-state index in [0.29, 0.717) is 11.1 Å². The first kappa shape index (κ1) is 13.5. The molecule has 0 aliphatic rings. The third kappa shape index (κ3) is 3.29. The van der Waals surface area contributed by atoms with E-state index in [1.807, 2.05) is 6.92 Å². The minimum atomic E-state index is -0.455. The van der Waals surface area contributed by atoms with Crippen molar-refractivity contribution in [2.24, 2.45) is 0 Å². The molecule has 5 nitrogen and oxygen atoms in total. The third-order valence-electron chi connectivity index (χ3n) is 2.49. The molecule has 0 aliphatic carbocycles. The molecule has 0 N–H and O–H groups in total. The zero-order chi connectivity index (χ0) is 13.8. The van der Waals surface area contributed by atoms with Gasteiger partial charge in [-0.3, -0.25) is 15.1 Å². The van der Waals surface area contributed by atoms with Crippen LogP contribution in [0.25, 0.3) is 0 Å². The molecule has 0 fully saturated rings. The summed E-state index contributed by atoms with van der Waals surface area (Å²) in [5.41, 5.74) is 1.62. The molecule has 0 saturated carbocycles. The molecular formula is C13H11BrN2O3. The average Bonchev–Trinajstić information content (AvgIpc) is 2.41. The first-order valence-electron chi connectivity index (χ1n) is 5.54. The van der Waals surface area contributed by atoms with Gasteiger partial charge in [-0.2, -0.15) is 0 Å². The van der Waals surface area contributed by atoms with Crippen molar-refractivity contribution in [3.05, 3.63) is 57.9 Å². The van der Waals surface area contributed by atoms with Gasteiger partial charge in [0.2, 0.25) is 5.75 Å². The number of rotatable bonds is 4. The summed E-state index contributed by atoms with van der Waals surface area (Å²) >= 11 is 3.27. The number of ether oxygens (including phenoxy) is 1. The predicted molar refractivity (Wildman–Crippen MR) is 74.8 cm³/mol. The Morgan fingerprint density at radius 1 is 1.37 bits per heavy atom. The smallest absolute Gasteiger partial charge is 0.311 e. The number of hydrogen-bond acceptors (Lipinski definition) is 4. The standard InChI is InChI=1S/C13H11BrN2O3/c1-9-2-4-11(8-15-9)19-13-5-3-10(7-14)6-12(13)16(17)18/h2-6,8H,7H2,1H3. The van der Waals surface area contributed by atoms with Gasteiger partial charge in [0.25, 0.3) is 0 Å². The van der Waals surface area contributed by atoms with Crippen molar-refractivity contribution in [1.82, 2.24) is 4.98 Å². The number of aromatic nitrogens is 1. The third-order valence-corrected chi connectivity index (χ3v) is 3.13. The molecule has 0 amide bonds. The summed E-state index contributed by atoms with van der Waals surface area (Å²) in [6, 6.07) is 8.37. The van der Waals surface area contributed by atoms with Crippen LogP contribution in [0.1, 0.15) is 11.3 Å². The van der Waals surface area contributed by atoms with E-state index in [9.17, 15) is 10.1 Å². The van der Waals surface area contributed by atoms with Crippen LogP contribution >= 0.6 is 15.9 Å². The van der Waals surface area contributed by atoms with E-state index < -0.39 is 4.92 Å². The molecule has 0 saturated heterocycles. The largest absolute Gasteiger partial charge is 0.449 e. The van der Waals surface area contributed by atoms with Gasteiger partial charge in [-0.1, -0.05) is 22.0 Å². The predicted octanol–water partition coefficient (Wildman–Crippen LogP) is 3.99. The molecular weight excluding hydrogens is 312 g/mol. The van der Waals surface area contributed by atoms with E-state index in [1.165, 1.54) is 12.3 Å². The monoisotopic (exact) mass is 322 g/mol. The van der Waals surface area contributed by atoms with Crippen LogP contribution in [0, 0.1) is 17.0 Å². The maximum absolute atomic E-state index is 11.0. The number of halogens is 1. The summed E-state index contributed by atoms with van der Waals surface area (Å²) in [4.78, 5) is 14.7. The Kier molecular flexibility index (Phi) is 4.11. The second kappa shape index (κ2) is 5.79. The highest BCUT2D eigenvalue weighted by atomic mass is 79.9. The fourth-order valence-corrected chi connectivity index (χ4v) is 1.87. The Morgan fingerprint density at radius 3 is 2.74 bits per heavy atom. The quantitative estimate of drug-likeness (QED) is 0.485. The van der Waals surface area contributed by atoms with Gasteiger partial charge in [0.1, 0.15) is 5.75 Å². The molecule has 6 heteroatoms. The molecule has 0 atom stereocenters. The lowest BCUT2D eigenvalue weighted by Crippen LogP contribution is -1.95. The highest BCUT2D eigenvalue weighted by molar-refractivity contribution is 9.08. The number of hydrogen-bond donors (Lipinski definition) is 0. The molecule has 1 aromatic carbocycles. The van der Waals surface area contributed by atoms with Gasteiger partial charge >= 0.3 is 5.69 Å². The Hall–Kier alpha value is -1.95. The number of aryl methyl sites for hydroxylation is 1. The van der Waals surface area contributed by atoms with Crippen molar-refractivity contribution < 1.29 is 9.66 Å². The van der Waals surface area contributed by atoms with Crippen LogP contribution in [0.5, 0.6) is 11.5 Å². The van der Waals surface area contributed by atoms with Crippen molar-refractivity contribution in [3.63, 3.8) is 0 Å². The number of alkyl halides is 1. The lowest BCUT2D eigenvalue weighted by atomic mass is 10.2. The van der Waals surface area contributed by atoms with Crippen LogP contribution in [-0.2, 0) is 5.33 Å². The van der Waals surface area contributed by atoms with E-state index in [0.717, 1.165) is 11.3 Å². The molecule has 19 heavy (non-hydrogen) atoms. The molecule has 1 aromatic heterocycles. The number of pyridine rings is 1. The van der Waals surface area contributed by atoms with Crippen LogP contribution in [0.4, 0.5) is 5.69 Å². The molecule has 0 radical (unpaired) electrons. The fourth-order valence-electron chi connectivity index (χ4n) is 1.52. The van der Waals surface area contributed by atoms with Gasteiger partial charge < -0.3 is 4.74 Å². The van der Waals surface area contributed by atoms with Crippen molar-refractivity contribution in [3.8, 4) is 11.5 Å². The van der Waals surface area contributed by atoms with Crippen LogP contribution < -0.4 is 4.74 Å². The van der Waals surface area contributed by atoms with Gasteiger partial charge in [0.05, 0.1) is 11.1 Å². The van der Waals surface area contributed by atoms with Gasteiger partial charge in [-0.15, -0.1) is 0 Å². The minimum absolute atomic E-state index is 0.0578. The summed E-state index contributed by atoms with van der Waals surface area (Å²) in [5, 5.41) is 11.6. The van der Waals surface area contributed by atoms with Crippen LogP contribution in [-0.4, -0.2) is 9.91 Å². The minimum Gasteiger partial charge on any atom is -0.449 e. The lowest BCUT2D eigenvalue weighted by molar-refractivity contribution is -0.385. The van der Waals surface area contributed by atoms with Crippen molar-refractivity contribution in [2.75, 3.05) is 0 Å². The van der Waals surface area contributed by atoms with Gasteiger partial charge in [-0.05, 0) is 30.7 Å². The Morgan fingerprint density at radius 2 is 2.16 bits per heavy atom. The maximum Gasteiger partial charge on any atom is 0.311 e. The van der Waals surface area contributed by atoms with Crippen molar-refractivity contribution in [2.45, 2.75) is 12.3 Å². The SMILES string of the molecule is Cc1ccc(Oc2ccc(CBr)cc2[N+](=O)[O-])cn1. The molecule has 1 heterocycles. The van der Waals surface area contributed by atoms with Gasteiger partial charge in [0, 0.05) is 17.1 Å². The van der Waals surface area contributed by atoms with E-state index >= 15 is 0 Å². The van der Waals surface area contributed by atoms with Gasteiger partial charge in [0.15, 0.2) is 0 Å². The Labute approximate surface area is 118 Å². The first-order valence-corrected chi connectivity index (χ1v) is 6.66. The van der Waals surface area contributed by atoms with E-state index in [2.05, 4.69) is 20.9 Å². The number of nitro benzene ring substituents is 1. The Balaban J connectivity index is 2.33. The molecule has 0 bridgehead atoms. The molecule has 2 rings (SSSR count). The number of nitro groups is 1. The zero-order valence-corrected chi connectivity index (χ0v) is 11.8. The summed E-state index contributed by atoms with van der Waals surface area (Å²) in [5.74, 6) is 0.681. The molecule has 0 spiro atoms. The lowest BCUT2D eigenvalue weighted by Gasteiger charge is -2.07. The van der Waals surface area contributed by atoms with E-state index in [1.54, 1.807) is 24.3 Å². The second-order valence-electron chi connectivity index (χ2n) is 3.93. The summed E-state index contributed by atoms with van der Waals surface area (Å²) in [6.07, 6.45) is 1.54. The Bertz CT molecular complexity index is 599. The highest BCUT2D eigenvalue weighted by Gasteiger charge is 2.16. The van der Waals surface area contributed by atoms with Crippen molar-refractivity contribution >= 4 is 21.6 Å². The molecule has 2 aromatic rings. The average molecular weight is 323 g/mol. The second-order valence-corrected chi connectivity index (χ2v) is 4.49. The fraction of sp³-hybridized carbons (Fsp3) is 0.154. The zero-order valence-electron chi connectivity index (χ0n) is 10.2. The van der Waals surface area contributed by atoms with Gasteiger partial charge in [-0.25, -0.2) is 0 Å². The number of benzene rings is 1. The van der Waals surface area contributed by atoms with Crippen LogP contribution in [0.15, 0.2) is 36.5 Å². The highest BCUT2D eigenvalue weighted by Crippen LogP contribution is 2.32. The van der Waals surface area contributed by atoms with Crippen molar-refractivity contribution in [1.29, 1.82) is 0 Å².